The molecule has 1 fully saturated rings. The number of likely N-dealkylation sites (tertiary alicyclic amines) is 1. The first-order valence-corrected chi connectivity index (χ1v) is 12.6. The predicted molar refractivity (Wildman–Crippen MR) is 137 cm³/mol. The lowest BCUT2D eigenvalue weighted by molar-refractivity contribution is -0.138. The van der Waals surface area contributed by atoms with Gasteiger partial charge in [0.2, 0.25) is 11.8 Å². The van der Waals surface area contributed by atoms with Crippen molar-refractivity contribution in [3.8, 4) is 0 Å². The molecule has 33 heavy (non-hydrogen) atoms. The molecule has 0 radical (unpaired) electrons. The minimum absolute atomic E-state index is 0.0976. The molecular weight excluding hydrogens is 418 g/mol. The van der Waals surface area contributed by atoms with Gasteiger partial charge in [0.1, 0.15) is 6.04 Å². The third-order valence-corrected chi connectivity index (χ3v) is 5.18. The van der Waals surface area contributed by atoms with Crippen molar-refractivity contribution in [1.29, 1.82) is 0 Å². The van der Waals surface area contributed by atoms with Gasteiger partial charge in [0.05, 0.1) is 12.6 Å². The van der Waals surface area contributed by atoms with Crippen molar-refractivity contribution in [1.82, 2.24) is 15.1 Å². The molecule has 1 N–H and O–H groups in total. The number of esters is 1. The maximum absolute atomic E-state index is 12.6. The lowest BCUT2D eigenvalue weighted by Crippen LogP contribution is -2.54. The van der Waals surface area contributed by atoms with Gasteiger partial charge in [-0.05, 0) is 46.6 Å². The van der Waals surface area contributed by atoms with Crippen LogP contribution in [-0.4, -0.2) is 73.5 Å². The summed E-state index contributed by atoms with van der Waals surface area (Å²) in [5.41, 5.74) is 0.461. The summed E-state index contributed by atoms with van der Waals surface area (Å²) in [7, 11) is 3.62. The summed E-state index contributed by atoms with van der Waals surface area (Å²) < 4.78 is 4.92. The fraction of sp³-hybridized carbons (Fsp3) is 0.808. The highest BCUT2D eigenvalue weighted by Crippen LogP contribution is 2.23. The molecule has 0 spiro atoms. The lowest BCUT2D eigenvalue weighted by atomic mass is 9.91. The van der Waals surface area contributed by atoms with Crippen LogP contribution in [-0.2, 0) is 19.1 Å². The van der Waals surface area contributed by atoms with E-state index in [-0.39, 0.29) is 30.4 Å². The van der Waals surface area contributed by atoms with Gasteiger partial charge in [0.15, 0.2) is 0 Å². The fourth-order valence-electron chi connectivity index (χ4n) is 3.30. The second-order valence-electron chi connectivity index (χ2n) is 8.78. The van der Waals surface area contributed by atoms with Crippen LogP contribution in [0.2, 0.25) is 0 Å². The van der Waals surface area contributed by atoms with E-state index in [4.69, 9.17) is 4.74 Å². The fourth-order valence-corrected chi connectivity index (χ4v) is 3.30. The molecule has 0 aromatic carbocycles. The minimum atomic E-state index is -0.615. The maximum atomic E-state index is 12.6. The highest BCUT2D eigenvalue weighted by atomic mass is 16.5. The van der Waals surface area contributed by atoms with E-state index in [2.05, 4.69) is 44.8 Å². The normalized spacial score (nSPS) is 19.2. The van der Waals surface area contributed by atoms with Crippen LogP contribution < -0.4 is 5.32 Å². The molecule has 1 unspecified atom stereocenters. The molecule has 7 heteroatoms. The number of carbonyl (C=O) groups excluding carboxylic acids is 3. The van der Waals surface area contributed by atoms with Crippen LogP contribution >= 0.6 is 0 Å². The predicted octanol–water partition coefficient (Wildman–Crippen LogP) is 4.41. The summed E-state index contributed by atoms with van der Waals surface area (Å²) in [4.78, 5) is 40.2. The quantitative estimate of drug-likeness (QED) is 0.421. The molecule has 1 aliphatic rings. The van der Waals surface area contributed by atoms with Gasteiger partial charge < -0.3 is 15.0 Å². The molecule has 7 nitrogen and oxygen atoms in total. The van der Waals surface area contributed by atoms with E-state index in [1.165, 1.54) is 17.7 Å². The molecule has 3 atom stereocenters. The highest BCUT2D eigenvalue weighted by molar-refractivity contribution is 5.90. The van der Waals surface area contributed by atoms with E-state index < -0.39 is 6.04 Å². The molecular formula is C26H51N3O4. The Balaban J connectivity index is 0. The Morgan fingerprint density at radius 1 is 1.09 bits per heavy atom. The van der Waals surface area contributed by atoms with Gasteiger partial charge in [-0.15, -0.1) is 0 Å². The number of likely N-dealkylation sites (N-methyl/N-ethyl adjacent to an activating group) is 2. The van der Waals surface area contributed by atoms with Crippen molar-refractivity contribution in [3.05, 3.63) is 11.6 Å². The van der Waals surface area contributed by atoms with Crippen LogP contribution in [0.3, 0.4) is 0 Å². The number of ether oxygens (including phenoxy) is 1. The molecule has 194 valence electrons. The number of rotatable bonds is 8. The molecule has 0 saturated carbocycles. The number of piperidine rings is 1. The Kier molecular flexibility index (Phi) is 19.7. The number of nitrogens with one attached hydrogen (secondary N) is 1. The first-order valence-electron chi connectivity index (χ1n) is 12.6. The van der Waals surface area contributed by atoms with E-state index in [1.54, 1.807) is 33.9 Å². The molecule has 0 aromatic heterocycles. The Hall–Kier alpha value is -1.89. The number of amides is 2. The first-order chi connectivity index (χ1) is 15.5. The van der Waals surface area contributed by atoms with Crippen molar-refractivity contribution in [3.63, 3.8) is 0 Å². The monoisotopic (exact) mass is 469 g/mol. The molecule has 0 bridgehead atoms. The lowest BCUT2D eigenvalue weighted by Gasteiger charge is -2.36. The van der Waals surface area contributed by atoms with Gasteiger partial charge in [-0.25, -0.2) is 4.79 Å². The standard InChI is InChI=1S/C20H35N3O4.2C3H8/c1-7-16-9-10-17(23(6)13-16)18(24)21-15(4)19(25)22(5)12-11-14(3)20(26)27-8-2;2*1-3-2/h11,15-17H,7-10,12-13H2,1-6H3,(H,21,24);2*3H2,1-2H3/b14-11+;;/t15?,16-,17-;;/m0../s1. The summed E-state index contributed by atoms with van der Waals surface area (Å²) in [5.74, 6) is -0.0372. The van der Waals surface area contributed by atoms with Crippen molar-refractivity contribution < 1.29 is 19.1 Å². The molecule has 1 heterocycles. The van der Waals surface area contributed by atoms with Crippen LogP contribution in [0, 0.1) is 5.92 Å². The number of nitrogens with zero attached hydrogens (tertiary/aromatic N) is 2. The van der Waals surface area contributed by atoms with Gasteiger partial charge in [0.25, 0.3) is 0 Å². The molecule has 1 aliphatic heterocycles. The van der Waals surface area contributed by atoms with E-state index in [0.29, 0.717) is 18.1 Å². The third-order valence-electron chi connectivity index (χ3n) is 5.18. The molecule has 2 amide bonds. The zero-order valence-electron chi connectivity index (χ0n) is 23.0. The van der Waals surface area contributed by atoms with Gasteiger partial charge >= 0.3 is 5.97 Å². The first kappa shape index (κ1) is 33.3. The smallest absolute Gasteiger partial charge is 0.333 e. The summed E-state index contributed by atoms with van der Waals surface area (Å²) in [6, 6.07) is -0.796. The van der Waals surface area contributed by atoms with E-state index >= 15 is 0 Å². The van der Waals surface area contributed by atoms with Crippen molar-refractivity contribution in [2.24, 2.45) is 5.92 Å². The largest absolute Gasteiger partial charge is 0.463 e. The van der Waals surface area contributed by atoms with Crippen LogP contribution in [0.4, 0.5) is 0 Å². The van der Waals surface area contributed by atoms with Gasteiger partial charge in [0, 0.05) is 25.7 Å². The molecule has 1 saturated heterocycles. The SMILES string of the molecule is CCC.CCC.CCOC(=O)/C(C)=C/CN(C)C(=O)C(C)NC(=O)[C@@H]1CC[C@H](CC)CN1C. The van der Waals surface area contributed by atoms with E-state index in [9.17, 15) is 14.4 Å². The third kappa shape index (κ3) is 14.1. The minimum Gasteiger partial charge on any atom is -0.463 e. The average Bonchev–Trinajstić information content (AvgIpc) is 2.77. The highest BCUT2D eigenvalue weighted by Gasteiger charge is 2.31. The van der Waals surface area contributed by atoms with E-state index in [1.807, 2.05) is 7.05 Å². The van der Waals surface area contributed by atoms with Crippen molar-refractivity contribution >= 4 is 17.8 Å². The summed E-state index contributed by atoms with van der Waals surface area (Å²) >= 11 is 0. The van der Waals surface area contributed by atoms with Crippen LogP contribution in [0.15, 0.2) is 11.6 Å². The number of carbonyl (C=O) groups is 3. The van der Waals surface area contributed by atoms with Crippen LogP contribution in [0.25, 0.3) is 0 Å². The van der Waals surface area contributed by atoms with Crippen molar-refractivity contribution in [2.75, 3.05) is 33.8 Å². The summed E-state index contributed by atoms with van der Waals surface area (Å²) in [5, 5.41) is 2.84. The maximum Gasteiger partial charge on any atom is 0.333 e. The Bertz CT molecular complexity index is 590. The van der Waals surface area contributed by atoms with Crippen molar-refractivity contribution in [2.45, 2.75) is 99.6 Å². The molecule has 0 aliphatic carbocycles. The van der Waals surface area contributed by atoms with Crippen LogP contribution in [0.1, 0.15) is 87.5 Å². The van der Waals surface area contributed by atoms with Gasteiger partial charge in [-0.2, -0.15) is 0 Å². The summed E-state index contributed by atoms with van der Waals surface area (Å²) in [6.07, 6.45) is 7.14. The summed E-state index contributed by atoms with van der Waals surface area (Å²) in [6.45, 7) is 17.3. The van der Waals surface area contributed by atoms with E-state index in [0.717, 1.165) is 25.8 Å². The molecule has 1 rings (SSSR count). The molecule has 0 aromatic rings. The second kappa shape index (κ2) is 19.6. The number of hydrogen-bond donors (Lipinski definition) is 1. The zero-order valence-corrected chi connectivity index (χ0v) is 23.0. The topological polar surface area (TPSA) is 79.0 Å². The number of hydrogen-bond acceptors (Lipinski definition) is 5. The Morgan fingerprint density at radius 3 is 2.09 bits per heavy atom. The van der Waals surface area contributed by atoms with Gasteiger partial charge in [-0.3, -0.25) is 14.5 Å². The zero-order chi connectivity index (χ0) is 26.0. The van der Waals surface area contributed by atoms with Gasteiger partial charge in [-0.1, -0.05) is 60.0 Å². The Labute approximate surface area is 203 Å². The second-order valence-corrected chi connectivity index (χ2v) is 8.78. The average molecular weight is 470 g/mol. The Morgan fingerprint density at radius 2 is 1.64 bits per heavy atom. The van der Waals surface area contributed by atoms with Crippen LogP contribution in [0.5, 0.6) is 0 Å².